The Labute approximate surface area is 141 Å². The number of likely N-dealkylation sites (tertiary alicyclic amines) is 1. The Balaban J connectivity index is 1.25. The minimum atomic E-state index is 0.0309. The van der Waals surface area contributed by atoms with Crippen molar-refractivity contribution in [3.05, 3.63) is 11.6 Å². The minimum absolute atomic E-state index is 0.0309. The van der Waals surface area contributed by atoms with Crippen LogP contribution in [0.5, 0.6) is 0 Å². The first-order valence-electron chi connectivity index (χ1n) is 9.34. The monoisotopic (exact) mass is 331 g/mol. The number of urea groups is 1. The van der Waals surface area contributed by atoms with Crippen molar-refractivity contribution in [2.45, 2.75) is 70.2 Å². The Hall–Kier alpha value is -1.63. The number of nitrogens with zero attached hydrogens (tertiary/aromatic N) is 4. The second kappa shape index (κ2) is 5.44. The summed E-state index contributed by atoms with van der Waals surface area (Å²) in [4.78, 5) is 14.7. The van der Waals surface area contributed by atoms with Crippen molar-refractivity contribution in [3.63, 3.8) is 0 Å². The van der Waals surface area contributed by atoms with Gasteiger partial charge in [-0.25, -0.2) is 4.79 Å². The van der Waals surface area contributed by atoms with E-state index in [2.05, 4.69) is 20.1 Å². The fourth-order valence-electron chi connectivity index (χ4n) is 5.08. The van der Waals surface area contributed by atoms with E-state index in [0.717, 1.165) is 57.0 Å². The zero-order valence-corrected chi connectivity index (χ0v) is 14.0. The summed E-state index contributed by atoms with van der Waals surface area (Å²) in [5.74, 6) is 1.93. The zero-order valence-electron chi connectivity index (χ0n) is 14.0. The van der Waals surface area contributed by atoms with Gasteiger partial charge in [0, 0.05) is 31.5 Å². The molecule has 2 saturated heterocycles. The maximum absolute atomic E-state index is 12.7. The zero-order chi connectivity index (χ0) is 16.1. The molecular weight excluding hydrogens is 306 g/mol. The van der Waals surface area contributed by atoms with E-state index in [1.807, 2.05) is 4.90 Å². The number of aryl methyl sites for hydroxylation is 1. The van der Waals surface area contributed by atoms with Gasteiger partial charge in [0.2, 0.25) is 0 Å². The molecule has 4 heterocycles. The Kier molecular flexibility index (Phi) is 3.33. The average molecular weight is 331 g/mol. The third kappa shape index (κ3) is 2.10. The molecule has 0 bridgehead atoms. The number of amides is 2. The largest absolute Gasteiger partial charge is 0.376 e. The first-order chi connectivity index (χ1) is 11.8. The maximum atomic E-state index is 12.7. The standard InChI is InChI=1S/C17H25N5O2/c23-16(18-10-14-20-19-13-5-1-8-21(13)14)22-11-17(6-3-7-17)15(22)12-4-2-9-24-12/h12,15H,1-11H2,(H,18,23). The normalized spacial score (nSPS) is 30.1. The van der Waals surface area contributed by atoms with Crippen LogP contribution in [0.1, 0.15) is 50.2 Å². The molecule has 3 fully saturated rings. The summed E-state index contributed by atoms with van der Waals surface area (Å²) in [6, 6.07) is 0.307. The molecular formula is C17H25N5O2. The molecule has 2 amide bonds. The van der Waals surface area contributed by atoms with Crippen molar-refractivity contribution < 1.29 is 9.53 Å². The van der Waals surface area contributed by atoms with Crippen LogP contribution < -0.4 is 5.32 Å². The predicted molar refractivity (Wildman–Crippen MR) is 86.3 cm³/mol. The van der Waals surface area contributed by atoms with E-state index >= 15 is 0 Å². The van der Waals surface area contributed by atoms with Crippen LogP contribution in [-0.4, -0.2) is 51.0 Å². The van der Waals surface area contributed by atoms with Gasteiger partial charge in [-0.3, -0.25) is 0 Å². The van der Waals surface area contributed by atoms with Crippen molar-refractivity contribution >= 4 is 6.03 Å². The van der Waals surface area contributed by atoms with Crippen molar-refractivity contribution in [1.29, 1.82) is 0 Å². The molecule has 7 nitrogen and oxygen atoms in total. The number of hydrogen-bond acceptors (Lipinski definition) is 4. The fourth-order valence-corrected chi connectivity index (χ4v) is 5.08. The van der Waals surface area contributed by atoms with Crippen molar-refractivity contribution in [1.82, 2.24) is 25.0 Å². The molecule has 1 spiro atoms. The molecule has 7 heteroatoms. The van der Waals surface area contributed by atoms with E-state index in [0.29, 0.717) is 12.0 Å². The lowest BCUT2D eigenvalue weighted by atomic mass is 9.56. The van der Waals surface area contributed by atoms with Gasteiger partial charge in [-0.1, -0.05) is 6.42 Å². The summed E-state index contributed by atoms with van der Waals surface area (Å²) in [6.07, 6.45) is 8.37. The van der Waals surface area contributed by atoms with Crippen LogP contribution in [0, 0.1) is 5.41 Å². The summed E-state index contributed by atoms with van der Waals surface area (Å²) in [6.45, 7) is 3.17. The molecule has 0 aromatic carbocycles. The Morgan fingerprint density at radius 1 is 1.29 bits per heavy atom. The van der Waals surface area contributed by atoms with E-state index < -0.39 is 0 Å². The highest BCUT2D eigenvalue weighted by Gasteiger charge is 2.60. The Bertz CT molecular complexity index is 647. The average Bonchev–Trinajstić information content (AvgIpc) is 3.21. The van der Waals surface area contributed by atoms with E-state index in [-0.39, 0.29) is 18.2 Å². The Morgan fingerprint density at radius 3 is 2.96 bits per heavy atom. The van der Waals surface area contributed by atoms with Gasteiger partial charge in [-0.05, 0) is 32.1 Å². The number of aromatic nitrogens is 3. The number of nitrogens with one attached hydrogen (secondary N) is 1. The van der Waals surface area contributed by atoms with Crippen LogP contribution in [0.25, 0.3) is 0 Å². The molecule has 4 aliphatic rings. The number of ether oxygens (including phenoxy) is 1. The molecule has 3 aliphatic heterocycles. The van der Waals surface area contributed by atoms with Crippen LogP contribution >= 0.6 is 0 Å². The molecule has 130 valence electrons. The second-order valence-electron chi connectivity index (χ2n) is 7.79. The first-order valence-corrected chi connectivity index (χ1v) is 9.34. The molecule has 1 saturated carbocycles. The maximum Gasteiger partial charge on any atom is 0.318 e. The molecule has 5 rings (SSSR count). The van der Waals surface area contributed by atoms with Gasteiger partial charge in [-0.15, -0.1) is 10.2 Å². The summed E-state index contributed by atoms with van der Waals surface area (Å²) in [7, 11) is 0. The highest BCUT2D eigenvalue weighted by atomic mass is 16.5. The highest BCUT2D eigenvalue weighted by Crippen LogP contribution is 2.55. The molecule has 1 aromatic heterocycles. The van der Waals surface area contributed by atoms with E-state index in [1.165, 1.54) is 19.3 Å². The van der Waals surface area contributed by atoms with Gasteiger partial charge in [-0.2, -0.15) is 0 Å². The van der Waals surface area contributed by atoms with Crippen LogP contribution in [0.4, 0.5) is 4.79 Å². The summed E-state index contributed by atoms with van der Waals surface area (Å²) >= 11 is 0. The Morgan fingerprint density at radius 2 is 2.21 bits per heavy atom. The minimum Gasteiger partial charge on any atom is -0.376 e. The van der Waals surface area contributed by atoms with Crippen LogP contribution in [0.15, 0.2) is 0 Å². The molecule has 1 N–H and O–H groups in total. The third-order valence-corrected chi connectivity index (χ3v) is 6.46. The van der Waals surface area contributed by atoms with E-state index in [9.17, 15) is 4.79 Å². The van der Waals surface area contributed by atoms with Gasteiger partial charge < -0.3 is 19.5 Å². The predicted octanol–water partition coefficient (Wildman–Crippen LogP) is 1.47. The van der Waals surface area contributed by atoms with Crippen molar-refractivity contribution in [2.75, 3.05) is 13.2 Å². The van der Waals surface area contributed by atoms with Crippen molar-refractivity contribution in [3.8, 4) is 0 Å². The van der Waals surface area contributed by atoms with Crippen LogP contribution in [0.2, 0.25) is 0 Å². The van der Waals surface area contributed by atoms with Crippen molar-refractivity contribution in [2.24, 2.45) is 5.41 Å². The SMILES string of the molecule is O=C(NCc1nnc2n1CCC2)N1CC2(CCC2)C1C1CCCO1. The number of carbonyl (C=O) groups excluding carboxylic acids is 1. The molecule has 1 aliphatic carbocycles. The molecule has 1 aromatic rings. The lowest BCUT2D eigenvalue weighted by Crippen LogP contribution is -2.73. The van der Waals surface area contributed by atoms with Gasteiger partial charge in [0.15, 0.2) is 5.82 Å². The number of hydrogen-bond donors (Lipinski definition) is 1. The lowest BCUT2D eigenvalue weighted by Gasteiger charge is -2.63. The lowest BCUT2D eigenvalue weighted by molar-refractivity contribution is -0.148. The van der Waals surface area contributed by atoms with Gasteiger partial charge in [0.1, 0.15) is 5.82 Å². The summed E-state index contributed by atoms with van der Waals surface area (Å²) in [5, 5.41) is 11.5. The van der Waals surface area contributed by atoms with Crippen LogP contribution in [-0.2, 0) is 24.2 Å². The second-order valence-corrected chi connectivity index (χ2v) is 7.79. The topological polar surface area (TPSA) is 72.3 Å². The smallest absolute Gasteiger partial charge is 0.318 e. The summed E-state index contributed by atoms with van der Waals surface area (Å²) < 4.78 is 8.07. The molecule has 2 atom stereocenters. The highest BCUT2D eigenvalue weighted by molar-refractivity contribution is 5.76. The van der Waals surface area contributed by atoms with E-state index in [4.69, 9.17) is 4.74 Å². The number of rotatable bonds is 3. The first kappa shape index (κ1) is 14.7. The van der Waals surface area contributed by atoms with Gasteiger partial charge in [0.05, 0.1) is 18.7 Å². The van der Waals surface area contributed by atoms with Crippen LogP contribution in [0.3, 0.4) is 0 Å². The summed E-state index contributed by atoms with van der Waals surface area (Å²) in [5.41, 5.74) is 0.350. The molecule has 0 radical (unpaired) electrons. The number of carbonyl (C=O) groups is 1. The number of fused-ring (bicyclic) bond motifs is 1. The van der Waals surface area contributed by atoms with Gasteiger partial charge >= 0.3 is 6.03 Å². The van der Waals surface area contributed by atoms with Gasteiger partial charge in [0.25, 0.3) is 0 Å². The molecule has 24 heavy (non-hydrogen) atoms. The van der Waals surface area contributed by atoms with E-state index in [1.54, 1.807) is 0 Å². The third-order valence-electron chi connectivity index (χ3n) is 6.46. The quantitative estimate of drug-likeness (QED) is 0.910. The molecule has 2 unspecified atom stereocenters. The fraction of sp³-hybridized carbons (Fsp3) is 0.824.